The molecule has 6 heteroatoms. The van der Waals surface area contributed by atoms with Gasteiger partial charge in [-0.05, 0) is 31.4 Å². The standard InChI is InChI=1S/C15H20F2N2O2/c16-11-4-3-5-12(17)10(11)8-9-18-15(21)19-13-6-1-2-7-14(13)20/h3-5,13-14,20H,1-2,6-9H2,(H2,18,19,21). The molecule has 1 aliphatic carbocycles. The van der Waals surface area contributed by atoms with Crippen molar-refractivity contribution in [1.29, 1.82) is 0 Å². The first kappa shape index (κ1) is 15.7. The molecule has 2 unspecified atom stereocenters. The summed E-state index contributed by atoms with van der Waals surface area (Å²) in [5.74, 6) is -1.22. The summed E-state index contributed by atoms with van der Waals surface area (Å²) in [4.78, 5) is 11.7. The molecular formula is C15H20F2N2O2. The SMILES string of the molecule is O=C(NCCc1c(F)cccc1F)NC1CCCCC1O. The summed E-state index contributed by atoms with van der Waals surface area (Å²) in [5.41, 5.74) is -0.0319. The quantitative estimate of drug-likeness (QED) is 0.797. The molecule has 2 atom stereocenters. The van der Waals surface area contributed by atoms with E-state index in [2.05, 4.69) is 10.6 Å². The maximum atomic E-state index is 13.4. The third-order valence-electron chi connectivity index (χ3n) is 3.77. The molecule has 0 aliphatic heterocycles. The lowest BCUT2D eigenvalue weighted by Crippen LogP contribution is -2.49. The van der Waals surface area contributed by atoms with Crippen LogP contribution < -0.4 is 10.6 Å². The normalized spacial score (nSPS) is 21.9. The van der Waals surface area contributed by atoms with Gasteiger partial charge in [0.15, 0.2) is 0 Å². The Hall–Kier alpha value is -1.69. The number of carbonyl (C=O) groups excluding carboxylic acids is 1. The number of carbonyl (C=O) groups is 1. The van der Waals surface area contributed by atoms with Crippen LogP contribution in [0.1, 0.15) is 31.2 Å². The number of halogens is 2. The molecule has 1 aliphatic rings. The second-order valence-electron chi connectivity index (χ2n) is 5.31. The van der Waals surface area contributed by atoms with E-state index < -0.39 is 23.8 Å². The molecule has 4 nitrogen and oxygen atoms in total. The number of hydrogen-bond acceptors (Lipinski definition) is 2. The minimum Gasteiger partial charge on any atom is -0.391 e. The first-order valence-corrected chi connectivity index (χ1v) is 7.23. The lowest BCUT2D eigenvalue weighted by molar-refractivity contribution is 0.0943. The van der Waals surface area contributed by atoms with Crippen LogP contribution in [0.5, 0.6) is 0 Å². The van der Waals surface area contributed by atoms with Gasteiger partial charge in [-0.2, -0.15) is 0 Å². The molecule has 2 rings (SSSR count). The van der Waals surface area contributed by atoms with Crippen molar-refractivity contribution in [3.8, 4) is 0 Å². The zero-order valence-corrected chi connectivity index (χ0v) is 11.7. The highest BCUT2D eigenvalue weighted by Gasteiger charge is 2.24. The zero-order chi connectivity index (χ0) is 15.2. The van der Waals surface area contributed by atoms with Gasteiger partial charge in [0.1, 0.15) is 11.6 Å². The third kappa shape index (κ3) is 4.39. The van der Waals surface area contributed by atoms with E-state index in [-0.39, 0.29) is 24.6 Å². The molecule has 1 aromatic carbocycles. The van der Waals surface area contributed by atoms with Gasteiger partial charge in [0.2, 0.25) is 0 Å². The van der Waals surface area contributed by atoms with Crippen molar-refractivity contribution in [3.05, 3.63) is 35.4 Å². The number of aliphatic hydroxyl groups is 1. The van der Waals surface area contributed by atoms with Crippen LogP contribution in [-0.2, 0) is 6.42 Å². The molecule has 3 N–H and O–H groups in total. The van der Waals surface area contributed by atoms with E-state index in [1.807, 2.05) is 0 Å². The van der Waals surface area contributed by atoms with Crippen LogP contribution >= 0.6 is 0 Å². The van der Waals surface area contributed by atoms with Crippen LogP contribution in [0.4, 0.5) is 13.6 Å². The fraction of sp³-hybridized carbons (Fsp3) is 0.533. The summed E-state index contributed by atoms with van der Waals surface area (Å²) in [6, 6.07) is 3.02. The van der Waals surface area contributed by atoms with Crippen LogP contribution in [0.3, 0.4) is 0 Å². The Balaban J connectivity index is 1.76. The largest absolute Gasteiger partial charge is 0.391 e. The van der Waals surface area contributed by atoms with Crippen molar-refractivity contribution in [2.75, 3.05) is 6.54 Å². The summed E-state index contributed by atoms with van der Waals surface area (Å²) < 4.78 is 26.8. The number of benzene rings is 1. The Morgan fingerprint density at radius 3 is 2.57 bits per heavy atom. The molecule has 0 radical (unpaired) electrons. The number of aliphatic hydroxyl groups excluding tert-OH is 1. The van der Waals surface area contributed by atoms with Gasteiger partial charge >= 0.3 is 6.03 Å². The van der Waals surface area contributed by atoms with Crippen LogP contribution in [0.2, 0.25) is 0 Å². The van der Waals surface area contributed by atoms with Gasteiger partial charge in [0, 0.05) is 12.1 Å². The highest BCUT2D eigenvalue weighted by atomic mass is 19.1. The predicted molar refractivity (Wildman–Crippen MR) is 74.9 cm³/mol. The third-order valence-corrected chi connectivity index (χ3v) is 3.77. The second-order valence-corrected chi connectivity index (χ2v) is 5.31. The van der Waals surface area contributed by atoms with E-state index in [9.17, 15) is 18.7 Å². The van der Waals surface area contributed by atoms with Crippen molar-refractivity contribution in [2.24, 2.45) is 0 Å². The van der Waals surface area contributed by atoms with Crippen molar-refractivity contribution >= 4 is 6.03 Å². The van der Waals surface area contributed by atoms with E-state index in [0.717, 1.165) is 19.3 Å². The molecule has 1 fully saturated rings. The van der Waals surface area contributed by atoms with E-state index in [1.165, 1.54) is 18.2 Å². The molecule has 0 bridgehead atoms. The molecule has 1 aromatic rings. The van der Waals surface area contributed by atoms with E-state index in [1.54, 1.807) is 0 Å². The fourth-order valence-electron chi connectivity index (χ4n) is 2.57. The molecule has 2 amide bonds. The summed E-state index contributed by atoms with van der Waals surface area (Å²) in [5, 5.41) is 15.0. The van der Waals surface area contributed by atoms with Crippen LogP contribution in [0.25, 0.3) is 0 Å². The molecule has 0 spiro atoms. The number of urea groups is 1. The maximum Gasteiger partial charge on any atom is 0.315 e. The van der Waals surface area contributed by atoms with E-state index >= 15 is 0 Å². The molecule has 0 saturated heterocycles. The van der Waals surface area contributed by atoms with Gasteiger partial charge < -0.3 is 15.7 Å². The summed E-state index contributed by atoms with van der Waals surface area (Å²) >= 11 is 0. The lowest BCUT2D eigenvalue weighted by atomic mass is 9.93. The first-order chi connectivity index (χ1) is 10.1. The van der Waals surface area contributed by atoms with Gasteiger partial charge in [0.25, 0.3) is 0 Å². The highest BCUT2D eigenvalue weighted by molar-refractivity contribution is 5.74. The molecule has 0 heterocycles. The average molecular weight is 298 g/mol. The number of amides is 2. The molecule has 1 saturated carbocycles. The highest BCUT2D eigenvalue weighted by Crippen LogP contribution is 2.18. The zero-order valence-electron chi connectivity index (χ0n) is 11.7. The Labute approximate surface area is 122 Å². The minimum absolute atomic E-state index is 0.0319. The molecule has 116 valence electrons. The number of nitrogens with one attached hydrogen (secondary N) is 2. The summed E-state index contributed by atoms with van der Waals surface area (Å²) in [6.07, 6.45) is 2.94. The molecular weight excluding hydrogens is 278 g/mol. The van der Waals surface area contributed by atoms with Crippen molar-refractivity contribution in [2.45, 2.75) is 44.2 Å². The van der Waals surface area contributed by atoms with Gasteiger partial charge in [0.05, 0.1) is 12.1 Å². The lowest BCUT2D eigenvalue weighted by Gasteiger charge is -2.28. The van der Waals surface area contributed by atoms with Crippen molar-refractivity contribution in [1.82, 2.24) is 10.6 Å². The summed E-state index contributed by atoms with van der Waals surface area (Å²) in [7, 11) is 0. The first-order valence-electron chi connectivity index (χ1n) is 7.23. The Bertz CT molecular complexity index is 476. The maximum absolute atomic E-state index is 13.4. The van der Waals surface area contributed by atoms with Crippen molar-refractivity contribution < 1.29 is 18.7 Å². The van der Waals surface area contributed by atoms with Crippen LogP contribution in [0, 0.1) is 11.6 Å². The second kappa shape index (κ2) is 7.36. The van der Waals surface area contributed by atoms with E-state index in [0.29, 0.717) is 6.42 Å². The average Bonchev–Trinajstić information content (AvgIpc) is 2.45. The topological polar surface area (TPSA) is 61.4 Å². The number of rotatable bonds is 4. The smallest absolute Gasteiger partial charge is 0.315 e. The van der Waals surface area contributed by atoms with Crippen molar-refractivity contribution in [3.63, 3.8) is 0 Å². The molecule has 0 aromatic heterocycles. The van der Waals surface area contributed by atoms with Crippen LogP contribution in [0.15, 0.2) is 18.2 Å². The van der Waals surface area contributed by atoms with Gasteiger partial charge in [-0.3, -0.25) is 0 Å². The van der Waals surface area contributed by atoms with Gasteiger partial charge in [-0.1, -0.05) is 18.9 Å². The fourth-order valence-corrected chi connectivity index (χ4v) is 2.57. The predicted octanol–water partition coefficient (Wildman–Crippen LogP) is 2.11. The minimum atomic E-state index is -0.611. The number of hydrogen-bond donors (Lipinski definition) is 3. The molecule has 21 heavy (non-hydrogen) atoms. The van der Waals surface area contributed by atoms with E-state index in [4.69, 9.17) is 0 Å². The summed E-state index contributed by atoms with van der Waals surface area (Å²) in [6.45, 7) is 0.131. The Kier molecular flexibility index (Phi) is 5.50. The Morgan fingerprint density at radius 2 is 1.90 bits per heavy atom. The van der Waals surface area contributed by atoms with Crippen LogP contribution in [-0.4, -0.2) is 29.8 Å². The Morgan fingerprint density at radius 1 is 1.24 bits per heavy atom. The van der Waals surface area contributed by atoms with Gasteiger partial charge in [-0.15, -0.1) is 0 Å². The van der Waals surface area contributed by atoms with Gasteiger partial charge in [-0.25, -0.2) is 13.6 Å². The monoisotopic (exact) mass is 298 g/mol.